The number of benzene rings is 1. The van der Waals surface area contributed by atoms with Crippen LogP contribution in [0.5, 0.6) is 5.75 Å². The number of piperidine rings is 1. The monoisotopic (exact) mass is 404 g/mol. The number of likely N-dealkylation sites (tertiary alicyclic amines) is 1. The number of aromatic nitrogens is 1. The minimum absolute atomic E-state index is 0.0177. The molecule has 1 unspecified atom stereocenters. The number of nitrogens with zero attached hydrogens (tertiary/aromatic N) is 2. The smallest absolute Gasteiger partial charge is 0.306 e. The first-order valence-electron chi connectivity index (χ1n) is 8.30. The Morgan fingerprint density at radius 1 is 1.36 bits per heavy atom. The van der Waals surface area contributed by atoms with E-state index in [1.165, 1.54) is 0 Å². The van der Waals surface area contributed by atoms with Gasteiger partial charge in [-0.15, -0.1) is 0 Å². The fourth-order valence-corrected chi connectivity index (χ4v) is 3.83. The molecule has 25 heavy (non-hydrogen) atoms. The Hall–Kier alpha value is -1.92. The summed E-state index contributed by atoms with van der Waals surface area (Å²) in [5.41, 5.74) is 2.13. The number of halogens is 1. The fraction of sp³-hybridized carbons (Fsp3) is 0.368. The Bertz CT molecular complexity index is 731. The number of pyridine rings is 1. The van der Waals surface area contributed by atoms with Gasteiger partial charge in [0.05, 0.1) is 19.1 Å². The average molecular weight is 405 g/mol. The summed E-state index contributed by atoms with van der Waals surface area (Å²) in [6, 6.07) is 9.94. The minimum atomic E-state index is -0.697. The summed E-state index contributed by atoms with van der Waals surface area (Å²) in [6.45, 7) is 1.46. The third-order valence-electron chi connectivity index (χ3n) is 4.73. The molecule has 132 valence electrons. The van der Waals surface area contributed by atoms with E-state index in [-0.39, 0.29) is 12.0 Å². The number of methoxy groups -OCH3 is 1. The quantitative estimate of drug-likeness (QED) is 0.821. The first-order chi connectivity index (χ1) is 12.1. The molecule has 5 nitrogen and oxygen atoms in total. The lowest BCUT2D eigenvalue weighted by atomic mass is 9.91. The van der Waals surface area contributed by atoms with Crippen LogP contribution in [-0.2, 0) is 4.79 Å². The topological polar surface area (TPSA) is 62.7 Å². The number of rotatable bonds is 5. The van der Waals surface area contributed by atoms with E-state index in [1.807, 2.05) is 24.4 Å². The van der Waals surface area contributed by atoms with E-state index in [4.69, 9.17) is 4.74 Å². The van der Waals surface area contributed by atoms with Crippen molar-refractivity contribution in [2.24, 2.45) is 5.92 Å². The molecule has 1 aliphatic heterocycles. The van der Waals surface area contributed by atoms with Crippen LogP contribution < -0.4 is 4.74 Å². The third kappa shape index (κ3) is 4.02. The van der Waals surface area contributed by atoms with Gasteiger partial charge < -0.3 is 9.84 Å². The molecule has 0 spiro atoms. The predicted molar refractivity (Wildman–Crippen MR) is 98.7 cm³/mol. The van der Waals surface area contributed by atoms with Crippen LogP contribution in [0.4, 0.5) is 0 Å². The highest BCUT2D eigenvalue weighted by atomic mass is 79.9. The van der Waals surface area contributed by atoms with E-state index < -0.39 is 5.97 Å². The molecule has 1 saturated heterocycles. The van der Waals surface area contributed by atoms with Crippen LogP contribution >= 0.6 is 15.9 Å². The van der Waals surface area contributed by atoms with Gasteiger partial charge in [-0.05, 0) is 55.8 Å². The summed E-state index contributed by atoms with van der Waals surface area (Å²) in [6.07, 6.45) is 4.94. The van der Waals surface area contributed by atoms with E-state index in [0.717, 1.165) is 34.4 Å². The van der Waals surface area contributed by atoms with Gasteiger partial charge in [-0.25, -0.2) is 0 Å². The molecule has 1 aromatic carbocycles. The summed E-state index contributed by atoms with van der Waals surface area (Å²) in [5.74, 6) is -0.134. The lowest BCUT2D eigenvalue weighted by molar-refractivity contribution is -0.143. The molecule has 1 aliphatic rings. The van der Waals surface area contributed by atoms with E-state index in [1.54, 1.807) is 13.3 Å². The minimum Gasteiger partial charge on any atom is -0.496 e. The normalized spacial score (nSPS) is 17.2. The Labute approximate surface area is 155 Å². The molecule has 0 radical (unpaired) electrons. The summed E-state index contributed by atoms with van der Waals surface area (Å²) >= 11 is 3.55. The first-order valence-corrected chi connectivity index (χ1v) is 9.09. The van der Waals surface area contributed by atoms with E-state index in [0.29, 0.717) is 12.8 Å². The number of ether oxygens (including phenoxy) is 1. The van der Waals surface area contributed by atoms with Gasteiger partial charge in [0.25, 0.3) is 0 Å². The number of carboxylic acid groups (broad SMARTS) is 1. The Morgan fingerprint density at radius 2 is 2.12 bits per heavy atom. The first kappa shape index (κ1) is 17.9. The SMILES string of the molecule is COc1ccc(Br)cc1C(c1cccnc1)N1CCC(C(=O)O)CC1. The number of carboxylic acids is 1. The van der Waals surface area contributed by atoms with Gasteiger partial charge in [0.2, 0.25) is 0 Å². The van der Waals surface area contributed by atoms with Crippen molar-refractivity contribution in [3.8, 4) is 5.75 Å². The molecule has 0 bridgehead atoms. The molecule has 0 saturated carbocycles. The highest BCUT2D eigenvalue weighted by molar-refractivity contribution is 9.10. The maximum absolute atomic E-state index is 11.3. The molecule has 2 heterocycles. The van der Waals surface area contributed by atoms with Crippen LogP contribution in [0.3, 0.4) is 0 Å². The molecule has 1 atom stereocenters. The van der Waals surface area contributed by atoms with E-state index in [2.05, 4.69) is 37.9 Å². The lowest BCUT2D eigenvalue weighted by Gasteiger charge is -2.37. The van der Waals surface area contributed by atoms with Crippen LogP contribution in [0.1, 0.15) is 30.0 Å². The summed E-state index contributed by atoms with van der Waals surface area (Å²) < 4.78 is 6.57. The van der Waals surface area contributed by atoms with E-state index >= 15 is 0 Å². The van der Waals surface area contributed by atoms with Crippen molar-refractivity contribution >= 4 is 21.9 Å². The van der Waals surface area contributed by atoms with Crippen molar-refractivity contribution in [3.05, 3.63) is 58.3 Å². The molecule has 3 rings (SSSR count). The Balaban J connectivity index is 1.98. The number of hydrogen-bond acceptors (Lipinski definition) is 4. The van der Waals surface area contributed by atoms with E-state index in [9.17, 15) is 9.90 Å². The van der Waals surface area contributed by atoms with Crippen molar-refractivity contribution in [2.45, 2.75) is 18.9 Å². The molecule has 1 fully saturated rings. The van der Waals surface area contributed by atoms with Crippen LogP contribution in [0.15, 0.2) is 47.2 Å². The highest BCUT2D eigenvalue weighted by Crippen LogP contribution is 2.38. The van der Waals surface area contributed by atoms with Crippen molar-refractivity contribution in [3.63, 3.8) is 0 Å². The largest absolute Gasteiger partial charge is 0.496 e. The zero-order valence-corrected chi connectivity index (χ0v) is 15.6. The fourth-order valence-electron chi connectivity index (χ4n) is 3.45. The molecule has 0 amide bonds. The molecule has 1 N–H and O–H groups in total. The average Bonchev–Trinajstić information content (AvgIpc) is 2.63. The molecular formula is C19H21BrN2O3. The standard InChI is InChI=1S/C19H21BrN2O3/c1-25-17-5-4-15(20)11-16(17)18(14-3-2-8-21-12-14)22-9-6-13(7-10-22)19(23)24/h2-5,8,11-13,18H,6-7,9-10H2,1H3,(H,23,24). The number of carbonyl (C=O) groups is 1. The highest BCUT2D eigenvalue weighted by Gasteiger charge is 2.31. The van der Waals surface area contributed by atoms with Gasteiger partial charge in [-0.3, -0.25) is 14.7 Å². The summed E-state index contributed by atoms with van der Waals surface area (Å²) in [5, 5.41) is 9.26. The Morgan fingerprint density at radius 3 is 2.72 bits per heavy atom. The van der Waals surface area contributed by atoms with Crippen LogP contribution in [0.2, 0.25) is 0 Å². The molecule has 0 aliphatic carbocycles. The zero-order chi connectivity index (χ0) is 17.8. The third-order valence-corrected chi connectivity index (χ3v) is 5.22. The van der Waals surface area contributed by atoms with Gasteiger partial charge in [0.15, 0.2) is 0 Å². The number of aliphatic carboxylic acids is 1. The van der Waals surface area contributed by atoms with Crippen molar-refractivity contribution in [2.75, 3.05) is 20.2 Å². The van der Waals surface area contributed by atoms with Gasteiger partial charge in [0, 0.05) is 22.4 Å². The Kier molecular flexibility index (Phi) is 5.71. The second-order valence-corrected chi connectivity index (χ2v) is 7.14. The van der Waals surface area contributed by atoms with Gasteiger partial charge >= 0.3 is 5.97 Å². The van der Waals surface area contributed by atoms with Crippen LogP contribution in [0, 0.1) is 5.92 Å². The summed E-state index contributed by atoms with van der Waals surface area (Å²) in [7, 11) is 1.67. The summed E-state index contributed by atoms with van der Waals surface area (Å²) in [4.78, 5) is 17.9. The maximum atomic E-state index is 11.3. The molecular weight excluding hydrogens is 384 g/mol. The van der Waals surface area contributed by atoms with Gasteiger partial charge in [0.1, 0.15) is 5.75 Å². The second-order valence-electron chi connectivity index (χ2n) is 6.22. The second kappa shape index (κ2) is 7.97. The molecule has 1 aromatic heterocycles. The molecule has 2 aromatic rings. The van der Waals surface area contributed by atoms with Crippen LogP contribution in [0.25, 0.3) is 0 Å². The predicted octanol–water partition coefficient (Wildman–Crippen LogP) is 3.74. The van der Waals surface area contributed by atoms with Crippen molar-refractivity contribution < 1.29 is 14.6 Å². The number of hydrogen-bond donors (Lipinski definition) is 1. The van der Waals surface area contributed by atoms with Gasteiger partial charge in [-0.2, -0.15) is 0 Å². The van der Waals surface area contributed by atoms with Crippen molar-refractivity contribution in [1.29, 1.82) is 0 Å². The van der Waals surface area contributed by atoms with Gasteiger partial charge in [-0.1, -0.05) is 22.0 Å². The zero-order valence-electron chi connectivity index (χ0n) is 14.1. The maximum Gasteiger partial charge on any atom is 0.306 e. The van der Waals surface area contributed by atoms with Crippen LogP contribution in [-0.4, -0.2) is 41.2 Å². The lowest BCUT2D eigenvalue weighted by Crippen LogP contribution is -2.39. The van der Waals surface area contributed by atoms with Crippen molar-refractivity contribution in [1.82, 2.24) is 9.88 Å². The molecule has 6 heteroatoms.